The van der Waals surface area contributed by atoms with Crippen LogP contribution in [0.1, 0.15) is 20.3 Å². The van der Waals surface area contributed by atoms with Gasteiger partial charge < -0.3 is 9.57 Å². The van der Waals surface area contributed by atoms with Gasteiger partial charge in [0.2, 0.25) is 0 Å². The molecular weight excluding hydrogens is 178 g/mol. The SMILES string of the molecule is COC(C)(C)C1=NOC(CCl)C1. The van der Waals surface area contributed by atoms with Gasteiger partial charge in [-0.05, 0) is 13.8 Å². The Hall–Kier alpha value is -0.280. The molecule has 0 aromatic heterocycles. The molecule has 1 unspecified atom stereocenters. The second-order valence-corrected chi connectivity index (χ2v) is 3.65. The maximum Gasteiger partial charge on any atom is 0.146 e. The maximum absolute atomic E-state index is 5.63. The number of methoxy groups -OCH3 is 1. The zero-order chi connectivity index (χ0) is 9.19. The molecule has 1 aliphatic heterocycles. The fourth-order valence-corrected chi connectivity index (χ4v) is 1.15. The van der Waals surface area contributed by atoms with Gasteiger partial charge in [0, 0.05) is 13.5 Å². The van der Waals surface area contributed by atoms with Crippen LogP contribution in [0.4, 0.5) is 0 Å². The number of hydrogen-bond acceptors (Lipinski definition) is 3. The average Bonchev–Trinajstić information content (AvgIpc) is 2.52. The second-order valence-electron chi connectivity index (χ2n) is 3.34. The van der Waals surface area contributed by atoms with E-state index in [0.29, 0.717) is 5.88 Å². The summed E-state index contributed by atoms with van der Waals surface area (Å²) in [6.07, 6.45) is 0.792. The lowest BCUT2D eigenvalue weighted by Gasteiger charge is -2.21. The van der Waals surface area contributed by atoms with Crippen LogP contribution in [0.5, 0.6) is 0 Å². The van der Waals surface area contributed by atoms with Crippen molar-refractivity contribution in [1.82, 2.24) is 0 Å². The molecule has 1 rings (SSSR count). The molecule has 0 aromatic rings. The third kappa shape index (κ3) is 1.90. The number of halogens is 1. The molecule has 3 nitrogen and oxygen atoms in total. The first-order valence-electron chi connectivity index (χ1n) is 3.94. The van der Waals surface area contributed by atoms with Gasteiger partial charge in [0.1, 0.15) is 11.7 Å². The van der Waals surface area contributed by atoms with Crippen molar-refractivity contribution in [2.75, 3.05) is 13.0 Å². The monoisotopic (exact) mass is 191 g/mol. The van der Waals surface area contributed by atoms with Crippen molar-refractivity contribution in [2.24, 2.45) is 5.16 Å². The van der Waals surface area contributed by atoms with Crippen LogP contribution in [-0.4, -0.2) is 30.4 Å². The Labute approximate surface area is 77.7 Å². The van der Waals surface area contributed by atoms with Crippen molar-refractivity contribution >= 4 is 17.3 Å². The molecule has 0 spiro atoms. The van der Waals surface area contributed by atoms with Crippen LogP contribution < -0.4 is 0 Å². The highest BCUT2D eigenvalue weighted by atomic mass is 35.5. The minimum Gasteiger partial charge on any atom is -0.391 e. The van der Waals surface area contributed by atoms with Gasteiger partial charge in [0.15, 0.2) is 0 Å². The van der Waals surface area contributed by atoms with Crippen LogP contribution in [-0.2, 0) is 9.57 Å². The molecule has 70 valence electrons. The van der Waals surface area contributed by atoms with Gasteiger partial charge >= 0.3 is 0 Å². The molecule has 0 bridgehead atoms. The molecule has 0 fully saturated rings. The van der Waals surface area contributed by atoms with Crippen molar-refractivity contribution in [3.63, 3.8) is 0 Å². The third-order valence-electron chi connectivity index (χ3n) is 2.11. The summed E-state index contributed by atoms with van der Waals surface area (Å²) in [5.74, 6) is 0.479. The van der Waals surface area contributed by atoms with E-state index in [1.54, 1.807) is 7.11 Å². The lowest BCUT2D eigenvalue weighted by Crippen LogP contribution is -2.33. The van der Waals surface area contributed by atoms with Crippen molar-refractivity contribution < 1.29 is 9.57 Å². The number of rotatable bonds is 3. The van der Waals surface area contributed by atoms with Crippen LogP contribution >= 0.6 is 11.6 Å². The Morgan fingerprint density at radius 3 is 2.83 bits per heavy atom. The molecule has 0 aliphatic carbocycles. The lowest BCUT2D eigenvalue weighted by atomic mass is 9.98. The van der Waals surface area contributed by atoms with Gasteiger partial charge in [-0.15, -0.1) is 11.6 Å². The Balaban J connectivity index is 2.56. The summed E-state index contributed by atoms with van der Waals surface area (Å²) in [5.41, 5.74) is 0.594. The van der Waals surface area contributed by atoms with Crippen molar-refractivity contribution in [1.29, 1.82) is 0 Å². The lowest BCUT2D eigenvalue weighted by molar-refractivity contribution is 0.0795. The fourth-order valence-electron chi connectivity index (χ4n) is 0.985. The summed E-state index contributed by atoms with van der Waals surface area (Å²) in [7, 11) is 1.66. The Morgan fingerprint density at radius 1 is 1.75 bits per heavy atom. The maximum atomic E-state index is 5.63. The molecule has 0 N–H and O–H groups in total. The van der Waals surface area contributed by atoms with E-state index < -0.39 is 0 Å². The molecule has 1 atom stereocenters. The second kappa shape index (κ2) is 3.62. The van der Waals surface area contributed by atoms with Gasteiger partial charge in [-0.3, -0.25) is 0 Å². The summed E-state index contributed by atoms with van der Waals surface area (Å²) in [6.45, 7) is 3.93. The van der Waals surface area contributed by atoms with Gasteiger partial charge in [0.25, 0.3) is 0 Å². The normalized spacial score (nSPS) is 23.7. The minimum absolute atomic E-state index is 0.0242. The number of oxime groups is 1. The van der Waals surface area contributed by atoms with E-state index in [1.807, 2.05) is 13.8 Å². The van der Waals surface area contributed by atoms with Crippen molar-refractivity contribution in [3.8, 4) is 0 Å². The number of hydrogen-bond donors (Lipinski definition) is 0. The zero-order valence-electron chi connectivity index (χ0n) is 7.63. The Morgan fingerprint density at radius 2 is 2.42 bits per heavy atom. The third-order valence-corrected chi connectivity index (χ3v) is 2.45. The highest BCUT2D eigenvalue weighted by Gasteiger charge is 2.32. The highest BCUT2D eigenvalue weighted by molar-refractivity contribution is 6.18. The van der Waals surface area contributed by atoms with Crippen LogP contribution in [0.3, 0.4) is 0 Å². The molecule has 4 heteroatoms. The zero-order valence-corrected chi connectivity index (χ0v) is 8.39. The molecule has 0 saturated carbocycles. The first-order valence-corrected chi connectivity index (χ1v) is 4.48. The molecule has 1 aliphatic rings. The van der Waals surface area contributed by atoms with Crippen LogP contribution in [0.25, 0.3) is 0 Å². The standard InChI is InChI=1S/C8H14ClNO2/c1-8(2,11-3)7-4-6(5-9)12-10-7/h6H,4-5H2,1-3H3. The Kier molecular flexibility index (Phi) is 2.96. The molecule has 0 saturated heterocycles. The van der Waals surface area contributed by atoms with Gasteiger partial charge in [0.05, 0.1) is 11.6 Å². The first-order chi connectivity index (χ1) is 5.60. The molecular formula is C8H14ClNO2. The summed E-state index contributed by atoms with van der Waals surface area (Å²) < 4.78 is 5.26. The molecule has 12 heavy (non-hydrogen) atoms. The summed E-state index contributed by atoms with van der Waals surface area (Å²) in [6, 6.07) is 0. The van der Waals surface area contributed by atoms with Crippen LogP contribution in [0, 0.1) is 0 Å². The van der Waals surface area contributed by atoms with E-state index >= 15 is 0 Å². The van der Waals surface area contributed by atoms with Gasteiger partial charge in [-0.2, -0.15) is 0 Å². The largest absolute Gasteiger partial charge is 0.391 e. The average molecular weight is 192 g/mol. The van der Waals surface area contributed by atoms with E-state index in [0.717, 1.165) is 12.1 Å². The van der Waals surface area contributed by atoms with E-state index in [1.165, 1.54) is 0 Å². The van der Waals surface area contributed by atoms with Gasteiger partial charge in [-0.1, -0.05) is 5.16 Å². The summed E-state index contributed by atoms with van der Waals surface area (Å²) in [5, 5.41) is 3.94. The predicted octanol–water partition coefficient (Wildman–Crippen LogP) is 1.80. The minimum atomic E-state index is -0.333. The molecule has 0 amide bonds. The van der Waals surface area contributed by atoms with Crippen molar-refractivity contribution in [2.45, 2.75) is 32.0 Å². The van der Waals surface area contributed by atoms with E-state index in [-0.39, 0.29) is 11.7 Å². The highest BCUT2D eigenvalue weighted by Crippen LogP contribution is 2.21. The summed E-state index contributed by atoms with van der Waals surface area (Å²) in [4.78, 5) is 5.08. The first kappa shape index (κ1) is 9.81. The quantitative estimate of drug-likeness (QED) is 0.637. The topological polar surface area (TPSA) is 30.8 Å². The van der Waals surface area contributed by atoms with Gasteiger partial charge in [-0.25, -0.2) is 0 Å². The molecule has 0 aromatic carbocycles. The van der Waals surface area contributed by atoms with E-state index in [2.05, 4.69) is 5.16 Å². The smallest absolute Gasteiger partial charge is 0.146 e. The van der Waals surface area contributed by atoms with E-state index in [4.69, 9.17) is 21.2 Å². The van der Waals surface area contributed by atoms with Crippen LogP contribution in [0.15, 0.2) is 5.16 Å². The number of alkyl halides is 1. The predicted molar refractivity (Wildman–Crippen MR) is 48.7 cm³/mol. The van der Waals surface area contributed by atoms with Crippen molar-refractivity contribution in [3.05, 3.63) is 0 Å². The van der Waals surface area contributed by atoms with E-state index in [9.17, 15) is 0 Å². The summed E-state index contributed by atoms with van der Waals surface area (Å²) >= 11 is 5.63. The number of nitrogens with zero attached hydrogens (tertiary/aromatic N) is 1. The fraction of sp³-hybridized carbons (Fsp3) is 0.875. The molecule has 1 heterocycles. The number of ether oxygens (including phenoxy) is 1. The van der Waals surface area contributed by atoms with Crippen LogP contribution in [0.2, 0.25) is 0 Å². The Bertz CT molecular complexity index is 191. The molecule has 0 radical (unpaired) electrons.